The molecular formula is C19H22ClN3O. The van der Waals surface area contributed by atoms with Crippen molar-refractivity contribution >= 4 is 28.9 Å². The topological polar surface area (TPSA) is 35.6 Å². The summed E-state index contributed by atoms with van der Waals surface area (Å²) in [5, 5.41) is 3.91. The van der Waals surface area contributed by atoms with Gasteiger partial charge in [0.2, 0.25) is 5.91 Å². The van der Waals surface area contributed by atoms with Crippen molar-refractivity contribution in [2.24, 2.45) is 0 Å². The van der Waals surface area contributed by atoms with E-state index >= 15 is 0 Å². The molecule has 0 radical (unpaired) electrons. The molecule has 126 valence electrons. The third-order valence-corrected chi connectivity index (χ3v) is 4.61. The van der Waals surface area contributed by atoms with E-state index in [1.807, 2.05) is 47.4 Å². The second-order valence-electron chi connectivity index (χ2n) is 5.86. The van der Waals surface area contributed by atoms with Crippen molar-refractivity contribution in [3.8, 4) is 0 Å². The number of nitrogens with one attached hydrogen (secondary N) is 1. The molecule has 0 saturated carbocycles. The number of para-hydroxylation sites is 2. The lowest BCUT2D eigenvalue weighted by molar-refractivity contribution is -0.131. The molecule has 1 saturated heterocycles. The molecule has 1 N–H and O–H groups in total. The van der Waals surface area contributed by atoms with Gasteiger partial charge in [0, 0.05) is 44.8 Å². The normalized spacial score (nSPS) is 14.5. The number of rotatable bonds is 5. The first kappa shape index (κ1) is 16.7. The van der Waals surface area contributed by atoms with Crippen LogP contribution in [-0.4, -0.2) is 43.5 Å². The van der Waals surface area contributed by atoms with Crippen molar-refractivity contribution in [1.82, 2.24) is 4.90 Å². The molecule has 1 amide bonds. The summed E-state index contributed by atoms with van der Waals surface area (Å²) in [4.78, 5) is 16.6. The number of piperazine rings is 1. The molecule has 1 aliphatic rings. The predicted molar refractivity (Wildman–Crippen MR) is 99.8 cm³/mol. The number of halogens is 1. The fourth-order valence-electron chi connectivity index (χ4n) is 2.92. The number of nitrogens with zero attached hydrogens (tertiary/aromatic N) is 2. The van der Waals surface area contributed by atoms with Crippen LogP contribution in [0.1, 0.15) is 6.42 Å². The Hall–Kier alpha value is -2.20. The first-order valence-electron chi connectivity index (χ1n) is 8.30. The molecule has 4 nitrogen and oxygen atoms in total. The summed E-state index contributed by atoms with van der Waals surface area (Å²) < 4.78 is 0. The molecule has 0 unspecified atom stereocenters. The van der Waals surface area contributed by atoms with Gasteiger partial charge in [0.1, 0.15) is 0 Å². The Bertz CT molecular complexity index is 669. The predicted octanol–water partition coefficient (Wildman–Crippen LogP) is 3.49. The molecule has 1 aliphatic heterocycles. The zero-order valence-corrected chi connectivity index (χ0v) is 14.4. The Kier molecular flexibility index (Phi) is 5.59. The first-order valence-corrected chi connectivity index (χ1v) is 8.68. The second-order valence-corrected chi connectivity index (χ2v) is 6.27. The van der Waals surface area contributed by atoms with Gasteiger partial charge < -0.3 is 15.1 Å². The molecule has 24 heavy (non-hydrogen) atoms. The van der Waals surface area contributed by atoms with E-state index in [4.69, 9.17) is 11.6 Å². The van der Waals surface area contributed by atoms with Gasteiger partial charge in [-0.1, -0.05) is 41.9 Å². The number of benzene rings is 2. The summed E-state index contributed by atoms with van der Waals surface area (Å²) in [5.41, 5.74) is 2.10. The fraction of sp³-hybridized carbons (Fsp3) is 0.316. The molecule has 3 rings (SSSR count). The van der Waals surface area contributed by atoms with E-state index in [0.717, 1.165) is 31.9 Å². The van der Waals surface area contributed by atoms with Gasteiger partial charge in [0.25, 0.3) is 0 Å². The van der Waals surface area contributed by atoms with E-state index in [9.17, 15) is 4.79 Å². The maximum atomic E-state index is 12.4. The zero-order valence-electron chi connectivity index (χ0n) is 13.6. The van der Waals surface area contributed by atoms with Gasteiger partial charge in [-0.25, -0.2) is 0 Å². The molecule has 0 atom stereocenters. The van der Waals surface area contributed by atoms with Gasteiger partial charge in [-0.15, -0.1) is 0 Å². The van der Waals surface area contributed by atoms with Gasteiger partial charge in [-0.05, 0) is 24.3 Å². The largest absolute Gasteiger partial charge is 0.383 e. The molecule has 0 bridgehead atoms. The van der Waals surface area contributed by atoms with Crippen molar-refractivity contribution in [3.05, 3.63) is 59.6 Å². The number of amides is 1. The average molecular weight is 344 g/mol. The Labute approximate surface area is 148 Å². The minimum Gasteiger partial charge on any atom is -0.383 e. The number of carbonyl (C=O) groups is 1. The Morgan fingerprint density at radius 2 is 1.62 bits per heavy atom. The summed E-state index contributed by atoms with van der Waals surface area (Å²) in [6.07, 6.45) is 0.483. The quantitative estimate of drug-likeness (QED) is 0.902. The van der Waals surface area contributed by atoms with Crippen LogP contribution >= 0.6 is 11.6 Å². The van der Waals surface area contributed by atoms with Crippen LogP contribution in [0, 0.1) is 0 Å². The van der Waals surface area contributed by atoms with Crippen LogP contribution in [0.2, 0.25) is 5.02 Å². The van der Waals surface area contributed by atoms with Crippen LogP contribution in [0.25, 0.3) is 0 Å². The van der Waals surface area contributed by atoms with Crippen molar-refractivity contribution in [3.63, 3.8) is 0 Å². The summed E-state index contributed by atoms with van der Waals surface area (Å²) in [6, 6.07) is 17.9. The molecule has 2 aromatic carbocycles. The number of hydrogen-bond donors (Lipinski definition) is 1. The Morgan fingerprint density at radius 1 is 0.958 bits per heavy atom. The standard InChI is InChI=1S/C19H22ClN3O/c20-17-8-4-5-9-18(17)21-11-10-19(24)23-14-12-22(13-15-23)16-6-2-1-3-7-16/h1-9,21H,10-15H2. The first-order chi connectivity index (χ1) is 11.7. The highest BCUT2D eigenvalue weighted by Gasteiger charge is 2.20. The summed E-state index contributed by atoms with van der Waals surface area (Å²) in [6.45, 7) is 3.92. The maximum absolute atomic E-state index is 12.4. The van der Waals surface area contributed by atoms with E-state index in [1.165, 1.54) is 5.69 Å². The van der Waals surface area contributed by atoms with Gasteiger partial charge in [-0.2, -0.15) is 0 Å². The summed E-state index contributed by atoms with van der Waals surface area (Å²) in [7, 11) is 0. The lowest BCUT2D eigenvalue weighted by Crippen LogP contribution is -2.49. The van der Waals surface area contributed by atoms with Crippen molar-refractivity contribution < 1.29 is 4.79 Å². The number of carbonyl (C=O) groups excluding carboxylic acids is 1. The minimum atomic E-state index is 0.197. The molecule has 2 aromatic rings. The molecule has 5 heteroatoms. The zero-order chi connectivity index (χ0) is 16.8. The molecule has 0 aromatic heterocycles. The van der Waals surface area contributed by atoms with Gasteiger partial charge in [-0.3, -0.25) is 4.79 Å². The van der Waals surface area contributed by atoms with Crippen LogP contribution in [0.3, 0.4) is 0 Å². The maximum Gasteiger partial charge on any atom is 0.224 e. The monoisotopic (exact) mass is 343 g/mol. The van der Waals surface area contributed by atoms with Crippen LogP contribution in [0.15, 0.2) is 54.6 Å². The smallest absolute Gasteiger partial charge is 0.224 e. The number of anilines is 2. The average Bonchev–Trinajstić information content (AvgIpc) is 2.64. The van der Waals surface area contributed by atoms with Crippen molar-refractivity contribution in [2.45, 2.75) is 6.42 Å². The fourth-order valence-corrected chi connectivity index (χ4v) is 3.12. The Balaban J connectivity index is 1.43. The van der Waals surface area contributed by atoms with Gasteiger partial charge in [0.05, 0.1) is 10.7 Å². The van der Waals surface area contributed by atoms with Crippen LogP contribution in [0.4, 0.5) is 11.4 Å². The summed E-state index contributed by atoms with van der Waals surface area (Å²) in [5.74, 6) is 0.197. The van der Waals surface area contributed by atoms with E-state index in [0.29, 0.717) is 18.0 Å². The van der Waals surface area contributed by atoms with E-state index in [1.54, 1.807) is 0 Å². The highest BCUT2D eigenvalue weighted by atomic mass is 35.5. The number of hydrogen-bond acceptors (Lipinski definition) is 3. The molecule has 0 spiro atoms. The van der Waals surface area contributed by atoms with Gasteiger partial charge >= 0.3 is 0 Å². The Morgan fingerprint density at radius 3 is 2.33 bits per heavy atom. The summed E-state index contributed by atoms with van der Waals surface area (Å²) >= 11 is 6.10. The van der Waals surface area contributed by atoms with E-state index < -0.39 is 0 Å². The molecular weight excluding hydrogens is 322 g/mol. The second kappa shape index (κ2) is 8.06. The highest BCUT2D eigenvalue weighted by molar-refractivity contribution is 6.33. The van der Waals surface area contributed by atoms with Crippen molar-refractivity contribution in [2.75, 3.05) is 42.9 Å². The molecule has 1 fully saturated rings. The lowest BCUT2D eigenvalue weighted by Gasteiger charge is -2.36. The third-order valence-electron chi connectivity index (χ3n) is 4.28. The van der Waals surface area contributed by atoms with Gasteiger partial charge in [0.15, 0.2) is 0 Å². The minimum absolute atomic E-state index is 0.197. The highest BCUT2D eigenvalue weighted by Crippen LogP contribution is 2.20. The van der Waals surface area contributed by atoms with Crippen LogP contribution in [0.5, 0.6) is 0 Å². The van der Waals surface area contributed by atoms with E-state index in [2.05, 4.69) is 22.3 Å². The van der Waals surface area contributed by atoms with Crippen LogP contribution in [-0.2, 0) is 4.79 Å². The van der Waals surface area contributed by atoms with E-state index in [-0.39, 0.29) is 5.91 Å². The van der Waals surface area contributed by atoms with Crippen molar-refractivity contribution in [1.29, 1.82) is 0 Å². The molecule has 0 aliphatic carbocycles. The molecule has 1 heterocycles. The lowest BCUT2D eigenvalue weighted by atomic mass is 10.2. The third kappa shape index (κ3) is 4.20. The van der Waals surface area contributed by atoms with Crippen LogP contribution < -0.4 is 10.2 Å². The SMILES string of the molecule is O=C(CCNc1ccccc1Cl)N1CCN(c2ccccc2)CC1.